The van der Waals surface area contributed by atoms with Crippen LogP contribution in [0.5, 0.6) is 0 Å². The number of benzene rings is 5. The Morgan fingerprint density at radius 3 is 1.09 bits per heavy atom. The second kappa shape index (κ2) is 18.4. The number of thiophene rings is 6. The zero-order valence-electron chi connectivity index (χ0n) is 50.3. The van der Waals surface area contributed by atoms with Crippen LogP contribution in [0, 0.1) is 69.2 Å². The van der Waals surface area contributed by atoms with Crippen molar-refractivity contribution >= 4 is 68.0 Å². The van der Waals surface area contributed by atoms with Gasteiger partial charge in [0.25, 0.3) is 0 Å². The lowest BCUT2D eigenvalue weighted by molar-refractivity contribution is 0.645. The normalized spacial score (nSPS) is 16.6. The molecule has 17 rings (SSSR count). The molecule has 82 heavy (non-hydrogen) atoms. The summed E-state index contributed by atoms with van der Waals surface area (Å²) >= 11 is 11.8. The molecule has 2 atom stereocenters. The minimum absolute atomic E-state index is 0.0957. The van der Waals surface area contributed by atoms with Crippen molar-refractivity contribution in [3.63, 3.8) is 0 Å². The van der Waals surface area contributed by atoms with E-state index < -0.39 is 0 Å². The van der Waals surface area contributed by atoms with Crippen LogP contribution in [0.3, 0.4) is 0 Å². The molecule has 0 radical (unpaired) electrons. The maximum Gasteiger partial charge on any atom is 0.0392 e. The fourth-order valence-corrected chi connectivity index (χ4v) is 23.5. The second-order valence-corrected chi connectivity index (χ2v) is 33.1. The van der Waals surface area contributed by atoms with E-state index in [1.54, 1.807) is 55.6 Å². The third-order valence-corrected chi connectivity index (χ3v) is 26.6. The van der Waals surface area contributed by atoms with Gasteiger partial charge in [-0.25, -0.2) is 0 Å². The number of hydrogen-bond donors (Lipinski definition) is 0. The number of aryl methyl sites for hydroxylation is 6. The fraction of sp³-hybridized carbons (Fsp3) is 0.289. The minimum atomic E-state index is 0.0957. The van der Waals surface area contributed by atoms with Crippen LogP contribution in [0.15, 0.2) is 97.1 Å². The van der Waals surface area contributed by atoms with E-state index in [4.69, 9.17) is 0 Å². The lowest BCUT2D eigenvalue weighted by Crippen LogP contribution is -2.20. The van der Waals surface area contributed by atoms with Crippen molar-refractivity contribution < 1.29 is 0 Å². The molecule has 11 aromatic rings. The Hall–Kier alpha value is -5.70. The molecule has 6 aromatic heterocycles. The van der Waals surface area contributed by atoms with E-state index >= 15 is 0 Å². The molecule has 0 saturated carbocycles. The molecule has 2 unspecified atom stereocenters. The van der Waals surface area contributed by atoms with Gasteiger partial charge < -0.3 is 0 Å². The summed E-state index contributed by atoms with van der Waals surface area (Å²) in [4.78, 5) is 17.6. The molecule has 0 fully saturated rings. The molecule has 0 spiro atoms. The van der Waals surface area contributed by atoms with Gasteiger partial charge in [0, 0.05) is 81.2 Å². The van der Waals surface area contributed by atoms with Gasteiger partial charge >= 0.3 is 0 Å². The molecule has 6 aliphatic rings. The summed E-state index contributed by atoms with van der Waals surface area (Å²) in [6.45, 7) is 37.3. The molecule has 410 valence electrons. The van der Waals surface area contributed by atoms with Gasteiger partial charge in [-0.3, -0.25) is 0 Å². The lowest BCUT2D eigenvalue weighted by atomic mass is 9.74. The van der Waals surface area contributed by atoms with Crippen LogP contribution in [-0.2, 0) is 23.7 Å². The number of rotatable bonds is 2. The van der Waals surface area contributed by atoms with Gasteiger partial charge in [-0.05, 0) is 264 Å². The Morgan fingerprint density at radius 1 is 0.354 bits per heavy atom. The molecule has 0 nitrogen and oxygen atoms in total. The van der Waals surface area contributed by atoms with Crippen molar-refractivity contribution in [1.29, 1.82) is 0 Å². The summed E-state index contributed by atoms with van der Waals surface area (Å²) in [6.07, 6.45) is 2.12. The highest BCUT2D eigenvalue weighted by atomic mass is 32.1. The van der Waals surface area contributed by atoms with E-state index in [0.717, 1.165) is 12.8 Å². The average Bonchev–Trinajstić information content (AvgIpc) is 1.64. The van der Waals surface area contributed by atoms with E-state index in [-0.39, 0.29) is 10.8 Å². The van der Waals surface area contributed by atoms with Crippen LogP contribution in [0.1, 0.15) is 173 Å². The van der Waals surface area contributed by atoms with Crippen molar-refractivity contribution in [3.8, 4) is 83.5 Å². The summed E-state index contributed by atoms with van der Waals surface area (Å²) in [5.41, 5.74) is 39.2. The number of fused-ring (bicyclic) bond motifs is 18. The molecule has 6 aliphatic carbocycles. The van der Waals surface area contributed by atoms with E-state index in [9.17, 15) is 0 Å². The van der Waals surface area contributed by atoms with Crippen molar-refractivity contribution in [1.82, 2.24) is 0 Å². The minimum Gasteiger partial charge on any atom is -0.140 e. The molecule has 0 bridgehead atoms. The Bertz CT molecular complexity index is 4280. The van der Waals surface area contributed by atoms with Crippen molar-refractivity contribution in [3.05, 3.63) is 217 Å². The van der Waals surface area contributed by atoms with Crippen LogP contribution >= 0.6 is 68.0 Å². The van der Waals surface area contributed by atoms with Gasteiger partial charge in [-0.2, -0.15) is 0 Å². The van der Waals surface area contributed by atoms with E-state index in [0.29, 0.717) is 11.8 Å². The third kappa shape index (κ3) is 7.53. The van der Waals surface area contributed by atoms with Gasteiger partial charge in [0.2, 0.25) is 0 Å². The number of hydrogen-bond acceptors (Lipinski definition) is 6. The van der Waals surface area contributed by atoms with Crippen LogP contribution in [-0.4, -0.2) is 0 Å². The molecular formula is C76H70S6. The molecule has 0 amide bonds. The van der Waals surface area contributed by atoms with Crippen molar-refractivity contribution in [2.45, 2.75) is 146 Å². The maximum absolute atomic E-state index is 2.49. The quantitative estimate of drug-likeness (QED) is 0.162. The molecule has 0 N–H and O–H groups in total. The van der Waals surface area contributed by atoms with E-state index in [2.05, 4.69) is 208 Å². The molecular weight excluding hydrogens is 1110 g/mol. The van der Waals surface area contributed by atoms with Gasteiger partial charge in [-0.1, -0.05) is 101 Å². The largest absolute Gasteiger partial charge is 0.140 e. The van der Waals surface area contributed by atoms with E-state index in [1.807, 2.05) is 68.0 Å². The van der Waals surface area contributed by atoms with Crippen LogP contribution in [0.25, 0.3) is 83.5 Å². The standard InChI is InChI=1S/C30H22S2.C24H26S2.C22H22S2/c1-17-3-7-19(8-4-17)27-15-23-11-21-14-26-22(13-25(21)29(23)31-27)12-24-16-28(32-30(24)26)20-9-5-18(2)6-10-20;1-11-9-15-21(25-11)17-13(3)20-18(14(4)19(17)23(15,5)6)22-16(24(20,7)8)10-12(2)26-22;1-9-7-15-11(3)17-14(6)20-18(13(5)19(17)21(15)23-9)12(4)16-8-10(2)24-22(16)20/h3-10,13-16H,11-12H2,1-2H3;9-10H,1-8H3;7-8,11-12H,1-6H3. The highest BCUT2D eigenvalue weighted by Crippen LogP contribution is 2.64. The van der Waals surface area contributed by atoms with Crippen LogP contribution < -0.4 is 0 Å². The Labute approximate surface area is 510 Å². The van der Waals surface area contributed by atoms with Gasteiger partial charge in [0.05, 0.1) is 0 Å². The SMILES string of the molecule is Cc1cc2c(s1)-c1c(C)c3c(c(C)c1C2(C)C)-c1sc(C)cc1C3(C)C.Cc1cc2c(s1)-c1c(C)c3c(c(C)c1C2C)-c1sc(C)cc1C3C.Cc1ccc(-c2cc3c(s2)-c2cc4c(cc2C3)-c2sc(-c3ccc(C)cc3)cc2C4)cc1. The van der Waals surface area contributed by atoms with Crippen LogP contribution in [0.2, 0.25) is 0 Å². The first-order valence-electron chi connectivity index (χ1n) is 29.4. The highest BCUT2D eigenvalue weighted by Gasteiger charge is 2.47. The topological polar surface area (TPSA) is 0 Å². The lowest BCUT2D eigenvalue weighted by Gasteiger charge is -2.29. The zero-order chi connectivity index (χ0) is 57.1. The first kappa shape index (κ1) is 53.1. The maximum atomic E-state index is 2.49. The summed E-state index contributed by atoms with van der Waals surface area (Å²) < 4.78 is 0. The molecule has 0 aliphatic heterocycles. The summed E-state index contributed by atoms with van der Waals surface area (Å²) in [7, 11) is 0. The summed E-state index contributed by atoms with van der Waals surface area (Å²) in [5.74, 6) is 1.06. The molecule has 6 heteroatoms. The second-order valence-electron chi connectivity index (χ2n) is 25.9. The summed E-state index contributed by atoms with van der Waals surface area (Å²) in [5, 5.41) is 0. The third-order valence-electron chi connectivity index (χ3n) is 19.7. The summed E-state index contributed by atoms with van der Waals surface area (Å²) in [6, 6.07) is 37.4. The Morgan fingerprint density at radius 2 is 0.707 bits per heavy atom. The van der Waals surface area contributed by atoms with Crippen LogP contribution in [0.4, 0.5) is 0 Å². The molecule has 6 heterocycles. The first-order chi connectivity index (χ1) is 39.1. The van der Waals surface area contributed by atoms with Gasteiger partial charge in [0.15, 0.2) is 0 Å². The fourth-order valence-electron chi connectivity index (χ4n) is 16.0. The predicted molar refractivity (Wildman–Crippen MR) is 362 cm³/mol. The Kier molecular flexibility index (Phi) is 11.9. The van der Waals surface area contributed by atoms with Gasteiger partial charge in [0.1, 0.15) is 0 Å². The molecule has 5 aromatic carbocycles. The predicted octanol–water partition coefficient (Wildman–Crippen LogP) is 23.9. The van der Waals surface area contributed by atoms with E-state index in [1.165, 1.54) is 148 Å². The Balaban J connectivity index is 0.000000107. The van der Waals surface area contributed by atoms with Crippen molar-refractivity contribution in [2.24, 2.45) is 0 Å². The first-order valence-corrected chi connectivity index (χ1v) is 34.3. The zero-order valence-corrected chi connectivity index (χ0v) is 55.2. The highest BCUT2D eigenvalue weighted by molar-refractivity contribution is 7.20. The monoisotopic (exact) mass is 1170 g/mol. The average molecular weight is 1180 g/mol. The molecule has 0 saturated heterocycles. The smallest absolute Gasteiger partial charge is 0.0392 e. The van der Waals surface area contributed by atoms with Crippen molar-refractivity contribution in [2.75, 3.05) is 0 Å². The van der Waals surface area contributed by atoms with Gasteiger partial charge in [-0.15, -0.1) is 68.0 Å².